The van der Waals surface area contributed by atoms with Crippen LogP contribution in [0.2, 0.25) is 5.02 Å². The number of anilines is 1. The number of furan rings is 1. The highest BCUT2D eigenvalue weighted by Gasteiger charge is 2.18. The smallest absolute Gasteiger partial charge is 0.153 e. The van der Waals surface area contributed by atoms with Crippen molar-refractivity contribution >= 4 is 17.4 Å². The normalized spacial score (nSPS) is 10.9. The minimum Gasteiger partial charge on any atom is -0.469 e. The van der Waals surface area contributed by atoms with E-state index in [1.807, 2.05) is 13.0 Å². The lowest BCUT2D eigenvalue weighted by atomic mass is 10.0. The molecule has 3 N–H and O–H groups in total. The van der Waals surface area contributed by atoms with Gasteiger partial charge in [-0.2, -0.15) is 5.10 Å². The molecule has 0 spiro atoms. The Morgan fingerprint density at radius 1 is 1.35 bits per heavy atom. The summed E-state index contributed by atoms with van der Waals surface area (Å²) < 4.78 is 18.4. The van der Waals surface area contributed by atoms with Crippen LogP contribution in [0.4, 0.5) is 10.2 Å². The zero-order chi connectivity index (χ0) is 14.3. The number of nitrogens with one attached hydrogen (secondary N) is 1. The summed E-state index contributed by atoms with van der Waals surface area (Å²) in [6, 6.07) is 6.01. The highest BCUT2D eigenvalue weighted by molar-refractivity contribution is 6.33. The van der Waals surface area contributed by atoms with E-state index in [4.69, 9.17) is 21.8 Å². The predicted octanol–water partition coefficient (Wildman–Crippen LogP) is 4.02. The quantitative estimate of drug-likeness (QED) is 0.749. The van der Waals surface area contributed by atoms with E-state index in [9.17, 15) is 4.39 Å². The van der Waals surface area contributed by atoms with Gasteiger partial charge >= 0.3 is 0 Å². The van der Waals surface area contributed by atoms with Crippen molar-refractivity contribution in [1.29, 1.82) is 0 Å². The molecule has 3 rings (SSSR count). The SMILES string of the molecule is Cc1cc(-c2[nH]nc(N)c2-c2ccc(F)cc2Cl)co1. The van der Waals surface area contributed by atoms with Crippen molar-refractivity contribution in [3.8, 4) is 22.4 Å². The van der Waals surface area contributed by atoms with Crippen LogP contribution in [0.15, 0.2) is 34.9 Å². The Labute approximate surface area is 119 Å². The number of halogens is 2. The van der Waals surface area contributed by atoms with Gasteiger partial charge in [0.1, 0.15) is 17.8 Å². The van der Waals surface area contributed by atoms with Gasteiger partial charge in [0.05, 0.1) is 16.3 Å². The summed E-state index contributed by atoms with van der Waals surface area (Å²) in [7, 11) is 0. The molecular weight excluding hydrogens is 281 g/mol. The second kappa shape index (κ2) is 4.68. The Bertz CT molecular complexity index is 779. The van der Waals surface area contributed by atoms with Gasteiger partial charge in [-0.25, -0.2) is 4.39 Å². The molecule has 0 fully saturated rings. The third-order valence-electron chi connectivity index (χ3n) is 3.01. The van der Waals surface area contributed by atoms with Crippen molar-refractivity contribution in [3.05, 3.63) is 47.1 Å². The molecule has 0 aliphatic rings. The number of hydrogen-bond acceptors (Lipinski definition) is 3. The molecule has 0 saturated heterocycles. The van der Waals surface area contributed by atoms with Crippen LogP contribution in [-0.4, -0.2) is 10.2 Å². The van der Waals surface area contributed by atoms with Crippen molar-refractivity contribution in [2.45, 2.75) is 6.92 Å². The second-order valence-corrected chi connectivity index (χ2v) is 4.84. The monoisotopic (exact) mass is 291 g/mol. The maximum atomic E-state index is 13.2. The number of nitrogen functional groups attached to an aromatic ring is 1. The largest absolute Gasteiger partial charge is 0.469 e. The lowest BCUT2D eigenvalue weighted by molar-refractivity contribution is 0.535. The van der Waals surface area contributed by atoms with Crippen LogP contribution >= 0.6 is 11.6 Å². The third kappa shape index (κ3) is 2.06. The molecule has 3 aromatic rings. The molecule has 0 amide bonds. The molecule has 4 nitrogen and oxygen atoms in total. The van der Waals surface area contributed by atoms with Crippen LogP contribution < -0.4 is 5.73 Å². The number of nitrogens with zero attached hydrogens (tertiary/aromatic N) is 1. The predicted molar refractivity (Wildman–Crippen MR) is 75.8 cm³/mol. The fourth-order valence-electron chi connectivity index (χ4n) is 2.10. The minimum absolute atomic E-state index is 0.277. The Kier molecular flexibility index (Phi) is 2.99. The van der Waals surface area contributed by atoms with E-state index in [0.717, 1.165) is 11.3 Å². The van der Waals surface area contributed by atoms with Crippen LogP contribution in [0.5, 0.6) is 0 Å². The Morgan fingerprint density at radius 3 is 2.80 bits per heavy atom. The van der Waals surface area contributed by atoms with E-state index in [2.05, 4.69) is 10.2 Å². The van der Waals surface area contributed by atoms with E-state index < -0.39 is 5.82 Å². The number of aromatic nitrogens is 2. The van der Waals surface area contributed by atoms with E-state index in [0.29, 0.717) is 22.6 Å². The molecule has 6 heteroatoms. The zero-order valence-corrected chi connectivity index (χ0v) is 11.3. The standard InChI is InChI=1S/C14H11ClFN3O/c1-7-4-8(6-20-7)13-12(14(17)19-18-13)10-3-2-9(16)5-11(10)15/h2-6H,1H3,(H3,17,18,19). The van der Waals surface area contributed by atoms with E-state index in [1.165, 1.54) is 12.1 Å². The van der Waals surface area contributed by atoms with E-state index in [-0.39, 0.29) is 5.02 Å². The number of hydrogen-bond donors (Lipinski definition) is 2. The summed E-state index contributed by atoms with van der Waals surface area (Å²) in [6.07, 6.45) is 1.60. The molecule has 0 saturated carbocycles. The molecule has 0 aliphatic carbocycles. The average molecular weight is 292 g/mol. The molecule has 0 bridgehead atoms. The number of aryl methyl sites for hydroxylation is 1. The Balaban J connectivity index is 2.21. The van der Waals surface area contributed by atoms with Crippen LogP contribution in [0.25, 0.3) is 22.4 Å². The maximum absolute atomic E-state index is 13.2. The summed E-state index contributed by atoms with van der Waals surface area (Å²) in [6.45, 7) is 1.84. The van der Waals surface area contributed by atoms with Gasteiger partial charge in [-0.15, -0.1) is 0 Å². The molecule has 0 unspecified atom stereocenters. The summed E-state index contributed by atoms with van der Waals surface area (Å²) >= 11 is 6.10. The van der Waals surface area contributed by atoms with Gasteiger partial charge in [0.15, 0.2) is 5.82 Å². The molecule has 2 aromatic heterocycles. The van der Waals surface area contributed by atoms with Crippen molar-refractivity contribution in [1.82, 2.24) is 10.2 Å². The molecule has 20 heavy (non-hydrogen) atoms. The van der Waals surface area contributed by atoms with E-state index >= 15 is 0 Å². The summed E-state index contributed by atoms with van der Waals surface area (Å²) in [5.41, 5.74) is 8.65. The fraction of sp³-hybridized carbons (Fsp3) is 0.0714. The molecule has 0 atom stereocenters. The Hall–Kier alpha value is -2.27. The average Bonchev–Trinajstić information content (AvgIpc) is 2.96. The first kappa shape index (κ1) is 12.7. The van der Waals surface area contributed by atoms with Crippen molar-refractivity contribution in [2.24, 2.45) is 0 Å². The van der Waals surface area contributed by atoms with Crippen LogP contribution in [0, 0.1) is 12.7 Å². The third-order valence-corrected chi connectivity index (χ3v) is 3.33. The number of nitrogens with two attached hydrogens (primary N) is 1. The first-order chi connectivity index (χ1) is 9.56. The number of aromatic amines is 1. The topological polar surface area (TPSA) is 67.8 Å². The highest BCUT2D eigenvalue weighted by atomic mass is 35.5. The lowest BCUT2D eigenvalue weighted by Gasteiger charge is -2.05. The van der Waals surface area contributed by atoms with E-state index in [1.54, 1.807) is 12.3 Å². The summed E-state index contributed by atoms with van der Waals surface area (Å²) in [5, 5.41) is 7.13. The molecular formula is C14H11ClFN3O. The van der Waals surface area contributed by atoms with Gasteiger partial charge in [-0.1, -0.05) is 11.6 Å². The van der Waals surface area contributed by atoms with Gasteiger partial charge in [0, 0.05) is 11.1 Å². The Morgan fingerprint density at radius 2 is 2.15 bits per heavy atom. The molecule has 2 heterocycles. The van der Waals surface area contributed by atoms with Crippen LogP contribution in [0.3, 0.4) is 0 Å². The summed E-state index contributed by atoms with van der Waals surface area (Å²) in [4.78, 5) is 0. The number of rotatable bonds is 2. The molecule has 0 aliphatic heterocycles. The second-order valence-electron chi connectivity index (χ2n) is 4.43. The first-order valence-electron chi connectivity index (χ1n) is 5.91. The molecule has 1 aromatic carbocycles. The van der Waals surface area contributed by atoms with Gasteiger partial charge in [-0.05, 0) is 31.2 Å². The lowest BCUT2D eigenvalue weighted by Crippen LogP contribution is -1.90. The zero-order valence-electron chi connectivity index (χ0n) is 10.6. The molecule has 102 valence electrons. The van der Waals surface area contributed by atoms with Gasteiger partial charge in [-0.3, -0.25) is 5.10 Å². The number of benzene rings is 1. The van der Waals surface area contributed by atoms with Crippen molar-refractivity contribution in [2.75, 3.05) is 5.73 Å². The molecule has 0 radical (unpaired) electrons. The van der Waals surface area contributed by atoms with Gasteiger partial charge < -0.3 is 10.2 Å². The highest BCUT2D eigenvalue weighted by Crippen LogP contribution is 2.38. The fourth-order valence-corrected chi connectivity index (χ4v) is 2.37. The van der Waals surface area contributed by atoms with Crippen LogP contribution in [-0.2, 0) is 0 Å². The van der Waals surface area contributed by atoms with Crippen molar-refractivity contribution in [3.63, 3.8) is 0 Å². The van der Waals surface area contributed by atoms with Crippen LogP contribution in [0.1, 0.15) is 5.76 Å². The van der Waals surface area contributed by atoms with Crippen molar-refractivity contribution < 1.29 is 8.81 Å². The summed E-state index contributed by atoms with van der Waals surface area (Å²) in [5.74, 6) is 0.665. The maximum Gasteiger partial charge on any atom is 0.153 e. The first-order valence-corrected chi connectivity index (χ1v) is 6.29. The number of H-pyrrole nitrogens is 1. The van der Waals surface area contributed by atoms with Gasteiger partial charge in [0.2, 0.25) is 0 Å². The van der Waals surface area contributed by atoms with Gasteiger partial charge in [0.25, 0.3) is 0 Å². The minimum atomic E-state index is -0.401.